The van der Waals surface area contributed by atoms with E-state index in [1.165, 1.54) is 0 Å². The number of amides is 1. The van der Waals surface area contributed by atoms with Crippen molar-refractivity contribution < 1.29 is 14.3 Å². The van der Waals surface area contributed by atoms with Gasteiger partial charge in [-0.2, -0.15) is 0 Å². The van der Waals surface area contributed by atoms with Gasteiger partial charge in [-0.1, -0.05) is 20.8 Å². The molecule has 0 N–H and O–H groups in total. The minimum Gasteiger partial charge on any atom is -0.350 e. The molecule has 4 heteroatoms. The number of hydrogen-bond donors (Lipinski definition) is 0. The molecule has 1 aliphatic rings. The van der Waals surface area contributed by atoms with E-state index in [0.29, 0.717) is 6.61 Å². The van der Waals surface area contributed by atoms with Crippen LogP contribution in [0.4, 0.5) is 0 Å². The van der Waals surface area contributed by atoms with Gasteiger partial charge in [-0.25, -0.2) is 0 Å². The predicted molar refractivity (Wildman–Crippen MR) is 66.5 cm³/mol. The lowest BCUT2D eigenvalue weighted by Gasteiger charge is -2.46. The van der Waals surface area contributed by atoms with Crippen LogP contribution >= 0.6 is 0 Å². The maximum Gasteiger partial charge on any atom is 0.230 e. The molecule has 0 spiro atoms. The summed E-state index contributed by atoms with van der Waals surface area (Å²) in [6.07, 6.45) is -0.124. The molecule has 2 atom stereocenters. The number of nitrogens with zero attached hydrogens (tertiary/aromatic N) is 1. The summed E-state index contributed by atoms with van der Waals surface area (Å²) in [4.78, 5) is 13.7. The van der Waals surface area contributed by atoms with Gasteiger partial charge in [0, 0.05) is 14.1 Å². The topological polar surface area (TPSA) is 38.8 Å². The van der Waals surface area contributed by atoms with Crippen molar-refractivity contribution in [3.63, 3.8) is 0 Å². The number of hydrogen-bond acceptors (Lipinski definition) is 3. The largest absolute Gasteiger partial charge is 0.350 e. The van der Waals surface area contributed by atoms with Gasteiger partial charge >= 0.3 is 0 Å². The Bertz CT molecular complexity index is 292. The van der Waals surface area contributed by atoms with E-state index in [1.807, 2.05) is 13.8 Å². The molecule has 0 saturated carbocycles. The molecule has 1 amide bonds. The molecule has 0 aromatic rings. The molecule has 1 heterocycles. The molecule has 17 heavy (non-hydrogen) atoms. The third-order valence-corrected chi connectivity index (χ3v) is 3.00. The fraction of sp³-hybridized carbons (Fsp3) is 0.923. The van der Waals surface area contributed by atoms with Gasteiger partial charge in [-0.15, -0.1) is 0 Å². The van der Waals surface area contributed by atoms with E-state index in [0.717, 1.165) is 0 Å². The van der Waals surface area contributed by atoms with Crippen molar-refractivity contribution in [3.8, 4) is 0 Å². The van der Waals surface area contributed by atoms with Crippen molar-refractivity contribution in [1.29, 1.82) is 0 Å². The average molecular weight is 243 g/mol. The first-order valence-electron chi connectivity index (χ1n) is 6.07. The van der Waals surface area contributed by atoms with Gasteiger partial charge in [0.05, 0.1) is 18.6 Å². The monoisotopic (exact) mass is 243 g/mol. The standard InChI is InChI=1S/C13H25NO3/c1-12(2,3)10-9(11(15)14(6)7)8-16-13(4,5)17-10/h9-10H,8H2,1-7H3/t9-,10-/m1/s1. The second-order valence-electron chi connectivity index (χ2n) is 6.45. The van der Waals surface area contributed by atoms with Crippen molar-refractivity contribution in [2.75, 3.05) is 20.7 Å². The maximum atomic E-state index is 12.1. The summed E-state index contributed by atoms with van der Waals surface area (Å²) in [7, 11) is 3.53. The number of ether oxygens (including phenoxy) is 2. The van der Waals surface area contributed by atoms with Gasteiger partial charge in [0.1, 0.15) is 0 Å². The van der Waals surface area contributed by atoms with Crippen molar-refractivity contribution in [1.82, 2.24) is 4.90 Å². The average Bonchev–Trinajstić information content (AvgIpc) is 2.14. The van der Waals surface area contributed by atoms with Crippen LogP contribution in [0.5, 0.6) is 0 Å². The van der Waals surface area contributed by atoms with E-state index in [9.17, 15) is 4.79 Å². The molecule has 100 valence electrons. The summed E-state index contributed by atoms with van der Waals surface area (Å²) >= 11 is 0. The molecule has 4 nitrogen and oxygen atoms in total. The van der Waals surface area contributed by atoms with E-state index in [-0.39, 0.29) is 23.3 Å². The van der Waals surface area contributed by atoms with E-state index >= 15 is 0 Å². The SMILES string of the molecule is CN(C)C(=O)[C@@H]1COC(C)(C)O[C@H]1C(C)(C)C. The first-order chi connectivity index (χ1) is 7.54. The molecule has 1 saturated heterocycles. The van der Waals surface area contributed by atoms with Gasteiger partial charge in [-0.05, 0) is 19.3 Å². The molecular weight excluding hydrogens is 218 g/mol. The van der Waals surface area contributed by atoms with Crippen LogP contribution in [0.1, 0.15) is 34.6 Å². The van der Waals surface area contributed by atoms with E-state index in [2.05, 4.69) is 20.8 Å². The Balaban J connectivity index is 2.93. The second kappa shape index (κ2) is 4.58. The summed E-state index contributed by atoms with van der Waals surface area (Å²) in [6.45, 7) is 10.5. The number of rotatable bonds is 1. The highest BCUT2D eigenvalue weighted by Crippen LogP contribution is 2.37. The third kappa shape index (κ3) is 3.42. The third-order valence-electron chi connectivity index (χ3n) is 3.00. The lowest BCUT2D eigenvalue weighted by molar-refractivity contribution is -0.306. The van der Waals surface area contributed by atoms with Crippen LogP contribution in [-0.2, 0) is 14.3 Å². The highest BCUT2D eigenvalue weighted by Gasteiger charge is 2.45. The molecule has 0 aromatic heterocycles. The zero-order valence-corrected chi connectivity index (χ0v) is 12.0. The second-order valence-corrected chi connectivity index (χ2v) is 6.45. The summed E-state index contributed by atoms with van der Waals surface area (Å²) in [5.41, 5.74) is -0.0859. The van der Waals surface area contributed by atoms with E-state index in [1.54, 1.807) is 19.0 Å². The van der Waals surface area contributed by atoms with Crippen molar-refractivity contribution in [3.05, 3.63) is 0 Å². The smallest absolute Gasteiger partial charge is 0.230 e. The van der Waals surface area contributed by atoms with Gasteiger partial charge in [0.2, 0.25) is 5.91 Å². The molecule has 1 rings (SSSR count). The van der Waals surface area contributed by atoms with Crippen LogP contribution in [0.3, 0.4) is 0 Å². The Morgan fingerprint density at radius 1 is 1.29 bits per heavy atom. The van der Waals surface area contributed by atoms with Crippen molar-refractivity contribution in [2.24, 2.45) is 11.3 Å². The highest BCUT2D eigenvalue weighted by molar-refractivity contribution is 5.79. The van der Waals surface area contributed by atoms with Gasteiger partial charge in [0.15, 0.2) is 5.79 Å². The Morgan fingerprint density at radius 2 is 1.82 bits per heavy atom. The molecule has 1 aliphatic heterocycles. The van der Waals surface area contributed by atoms with Crippen LogP contribution in [0.2, 0.25) is 0 Å². The van der Waals surface area contributed by atoms with E-state index in [4.69, 9.17) is 9.47 Å². The summed E-state index contributed by atoms with van der Waals surface area (Å²) in [5, 5.41) is 0. The fourth-order valence-corrected chi connectivity index (χ4v) is 2.11. The lowest BCUT2D eigenvalue weighted by Crippen LogP contribution is -2.55. The summed E-state index contributed by atoms with van der Waals surface area (Å²) < 4.78 is 11.6. The van der Waals surface area contributed by atoms with Crippen molar-refractivity contribution in [2.45, 2.75) is 46.5 Å². The Kier molecular flexibility index (Phi) is 3.89. The minimum absolute atomic E-state index is 0.0698. The molecule has 1 fully saturated rings. The minimum atomic E-state index is -0.610. The first kappa shape index (κ1) is 14.5. The fourth-order valence-electron chi connectivity index (χ4n) is 2.11. The normalized spacial score (nSPS) is 28.9. The molecule has 0 aliphatic carbocycles. The van der Waals surface area contributed by atoms with Crippen LogP contribution < -0.4 is 0 Å². The van der Waals surface area contributed by atoms with Crippen LogP contribution in [0, 0.1) is 11.3 Å². The zero-order chi connectivity index (χ0) is 13.4. The highest BCUT2D eigenvalue weighted by atomic mass is 16.7. The van der Waals surface area contributed by atoms with Crippen LogP contribution in [0.25, 0.3) is 0 Å². The molecular formula is C13H25NO3. The summed E-state index contributed by atoms with van der Waals surface area (Å²) in [5.74, 6) is -0.764. The van der Waals surface area contributed by atoms with Crippen molar-refractivity contribution >= 4 is 5.91 Å². The molecule has 0 bridgehead atoms. The van der Waals surface area contributed by atoms with Gasteiger partial charge in [-0.3, -0.25) is 4.79 Å². The number of carbonyl (C=O) groups excluding carboxylic acids is 1. The van der Waals surface area contributed by atoms with Crippen LogP contribution in [0.15, 0.2) is 0 Å². The maximum absolute atomic E-state index is 12.1. The van der Waals surface area contributed by atoms with Crippen LogP contribution in [-0.4, -0.2) is 43.4 Å². The molecule has 0 radical (unpaired) electrons. The first-order valence-corrected chi connectivity index (χ1v) is 6.07. The van der Waals surface area contributed by atoms with Gasteiger partial charge < -0.3 is 14.4 Å². The molecule has 0 unspecified atom stereocenters. The lowest BCUT2D eigenvalue weighted by atomic mass is 9.80. The predicted octanol–water partition coefficient (Wildman–Crippen LogP) is 1.89. The Labute approximate surface area is 104 Å². The Morgan fingerprint density at radius 3 is 2.24 bits per heavy atom. The van der Waals surface area contributed by atoms with Gasteiger partial charge in [0.25, 0.3) is 0 Å². The Hall–Kier alpha value is -0.610. The molecule has 0 aromatic carbocycles. The quantitative estimate of drug-likeness (QED) is 0.706. The van der Waals surface area contributed by atoms with E-state index < -0.39 is 5.79 Å². The zero-order valence-electron chi connectivity index (χ0n) is 12.0. The number of carbonyl (C=O) groups is 1. The summed E-state index contributed by atoms with van der Waals surface area (Å²) in [6, 6.07) is 0.